The van der Waals surface area contributed by atoms with Crippen molar-refractivity contribution in [3.63, 3.8) is 0 Å². The van der Waals surface area contributed by atoms with Crippen LogP contribution in [0, 0.1) is 0 Å². The monoisotopic (exact) mass is 381 g/mol. The Bertz CT molecular complexity index is 888. The highest BCUT2D eigenvalue weighted by atomic mass is 16.7. The molecule has 2 aromatic rings. The van der Waals surface area contributed by atoms with E-state index in [1.807, 2.05) is 24.3 Å². The van der Waals surface area contributed by atoms with Crippen molar-refractivity contribution in [1.82, 2.24) is 16.2 Å². The summed E-state index contributed by atoms with van der Waals surface area (Å²) in [5, 5.41) is 3.19. The molecular formula is C21H23N3O4. The Kier molecular flexibility index (Phi) is 4.54. The summed E-state index contributed by atoms with van der Waals surface area (Å²) in [5.41, 5.74) is 8.83. The molecule has 3 aliphatic rings. The number of nitrogens with one attached hydrogen (secondary N) is 3. The maximum Gasteiger partial charge on any atom is 0.239 e. The molecule has 0 aromatic heterocycles. The van der Waals surface area contributed by atoms with Crippen LogP contribution < -0.4 is 30.4 Å². The largest absolute Gasteiger partial charge is 0.492 e. The van der Waals surface area contributed by atoms with E-state index in [1.165, 1.54) is 11.1 Å². The van der Waals surface area contributed by atoms with Gasteiger partial charge in [0.1, 0.15) is 18.4 Å². The van der Waals surface area contributed by atoms with E-state index in [0.29, 0.717) is 18.8 Å². The Morgan fingerprint density at radius 3 is 3.00 bits per heavy atom. The minimum atomic E-state index is -0.266. The van der Waals surface area contributed by atoms with E-state index in [4.69, 9.17) is 14.2 Å². The lowest BCUT2D eigenvalue weighted by molar-refractivity contribution is -0.123. The van der Waals surface area contributed by atoms with Gasteiger partial charge in [-0.2, -0.15) is 0 Å². The van der Waals surface area contributed by atoms with Crippen LogP contribution in [-0.4, -0.2) is 31.4 Å². The van der Waals surface area contributed by atoms with Crippen molar-refractivity contribution in [3.8, 4) is 17.2 Å². The van der Waals surface area contributed by atoms with E-state index < -0.39 is 0 Å². The maximum atomic E-state index is 12.7. The molecule has 2 heterocycles. The predicted octanol–water partition coefficient (Wildman–Crippen LogP) is 1.83. The van der Waals surface area contributed by atoms with Crippen LogP contribution in [0.2, 0.25) is 0 Å². The number of carbonyl (C=O) groups is 1. The van der Waals surface area contributed by atoms with Gasteiger partial charge in [-0.25, -0.2) is 5.43 Å². The van der Waals surface area contributed by atoms with Crippen LogP contribution in [0.5, 0.6) is 17.2 Å². The number of hydrazine groups is 1. The fourth-order valence-electron chi connectivity index (χ4n) is 4.05. The van der Waals surface area contributed by atoms with E-state index in [9.17, 15) is 4.79 Å². The molecule has 3 N–H and O–H groups in total. The van der Waals surface area contributed by atoms with Gasteiger partial charge in [0, 0.05) is 6.07 Å². The van der Waals surface area contributed by atoms with E-state index in [1.54, 1.807) is 0 Å². The smallest absolute Gasteiger partial charge is 0.239 e. The molecule has 2 aliphatic heterocycles. The second kappa shape index (κ2) is 7.33. The fourth-order valence-corrected chi connectivity index (χ4v) is 4.05. The molecule has 0 spiro atoms. The average molecular weight is 381 g/mol. The molecule has 1 amide bonds. The molecule has 1 saturated heterocycles. The summed E-state index contributed by atoms with van der Waals surface area (Å²) in [6.07, 6.45) is 2.65. The van der Waals surface area contributed by atoms with Crippen molar-refractivity contribution < 1.29 is 19.0 Å². The minimum absolute atomic E-state index is 0.0276. The summed E-state index contributed by atoms with van der Waals surface area (Å²) in [6.45, 7) is 0.706. The van der Waals surface area contributed by atoms with Gasteiger partial charge in [-0.3, -0.25) is 10.2 Å². The summed E-state index contributed by atoms with van der Waals surface area (Å²) in [6, 6.07) is 13.7. The number of carbonyl (C=O) groups excluding carboxylic acids is 1. The summed E-state index contributed by atoms with van der Waals surface area (Å²) < 4.78 is 16.5. The lowest BCUT2D eigenvalue weighted by atomic mass is 10.1. The first-order valence-electron chi connectivity index (χ1n) is 9.68. The van der Waals surface area contributed by atoms with Crippen LogP contribution in [-0.2, 0) is 11.2 Å². The topological polar surface area (TPSA) is 80.9 Å². The average Bonchev–Trinajstić information content (AvgIpc) is 3.46. The highest BCUT2D eigenvalue weighted by Gasteiger charge is 2.32. The maximum absolute atomic E-state index is 12.7. The van der Waals surface area contributed by atoms with Crippen LogP contribution in [0.3, 0.4) is 0 Å². The Hall–Kier alpha value is -2.77. The molecule has 28 heavy (non-hydrogen) atoms. The molecule has 1 fully saturated rings. The molecule has 3 unspecified atom stereocenters. The summed E-state index contributed by atoms with van der Waals surface area (Å²) in [7, 11) is 0. The van der Waals surface area contributed by atoms with Crippen molar-refractivity contribution in [2.45, 2.75) is 37.4 Å². The van der Waals surface area contributed by atoms with Gasteiger partial charge in [0.15, 0.2) is 11.5 Å². The van der Waals surface area contributed by atoms with Gasteiger partial charge in [-0.05, 0) is 42.5 Å². The van der Waals surface area contributed by atoms with Crippen LogP contribution in [0.15, 0.2) is 42.5 Å². The SMILES string of the molecule is O=C(NC1CCc2ccccc21)C1CC(COc2ccc3c(c2)OCO3)NN1. The zero-order chi connectivity index (χ0) is 18.9. The third-order valence-corrected chi connectivity index (χ3v) is 5.54. The van der Waals surface area contributed by atoms with Crippen LogP contribution in [0.4, 0.5) is 0 Å². The van der Waals surface area contributed by atoms with Gasteiger partial charge in [-0.1, -0.05) is 24.3 Å². The quantitative estimate of drug-likeness (QED) is 0.733. The highest BCUT2D eigenvalue weighted by Crippen LogP contribution is 2.35. The number of hydrogen-bond donors (Lipinski definition) is 3. The molecule has 7 nitrogen and oxygen atoms in total. The second-order valence-electron chi connectivity index (χ2n) is 7.40. The van der Waals surface area contributed by atoms with Crippen LogP contribution >= 0.6 is 0 Å². The van der Waals surface area contributed by atoms with E-state index in [-0.39, 0.29) is 30.8 Å². The lowest BCUT2D eigenvalue weighted by Gasteiger charge is -2.17. The normalized spacial score (nSPS) is 24.8. The van der Waals surface area contributed by atoms with Gasteiger partial charge in [-0.15, -0.1) is 0 Å². The second-order valence-corrected chi connectivity index (χ2v) is 7.40. The van der Waals surface area contributed by atoms with Gasteiger partial charge >= 0.3 is 0 Å². The number of rotatable bonds is 5. The zero-order valence-corrected chi connectivity index (χ0v) is 15.4. The van der Waals surface area contributed by atoms with Crippen molar-refractivity contribution in [1.29, 1.82) is 0 Å². The molecule has 1 aliphatic carbocycles. The molecular weight excluding hydrogens is 358 g/mol. The third kappa shape index (κ3) is 3.39. The first-order valence-corrected chi connectivity index (χ1v) is 9.68. The summed E-state index contributed by atoms with van der Waals surface area (Å²) in [5.74, 6) is 2.18. The molecule has 3 atom stereocenters. The van der Waals surface area contributed by atoms with Crippen molar-refractivity contribution >= 4 is 5.91 Å². The number of ether oxygens (including phenoxy) is 3. The third-order valence-electron chi connectivity index (χ3n) is 5.54. The number of benzene rings is 2. The standard InChI is InChI=1S/C21H23N3O4/c25-21(22-17-7-5-13-3-1-2-4-16(13)17)18-9-14(23-24-18)11-26-15-6-8-19-20(10-15)28-12-27-19/h1-4,6,8,10,14,17-18,23-24H,5,7,9,11-12H2,(H,22,25). The van der Waals surface area contributed by atoms with Gasteiger partial charge in [0.2, 0.25) is 12.7 Å². The number of fused-ring (bicyclic) bond motifs is 2. The first-order chi connectivity index (χ1) is 13.8. The van der Waals surface area contributed by atoms with E-state index in [0.717, 1.165) is 24.3 Å². The zero-order valence-electron chi connectivity index (χ0n) is 15.4. The molecule has 2 aromatic carbocycles. The molecule has 7 heteroatoms. The van der Waals surface area contributed by atoms with Gasteiger partial charge in [0.05, 0.1) is 12.1 Å². The Balaban J connectivity index is 1.13. The van der Waals surface area contributed by atoms with E-state index in [2.05, 4.69) is 34.4 Å². The van der Waals surface area contributed by atoms with Crippen LogP contribution in [0.25, 0.3) is 0 Å². The first kappa shape index (κ1) is 17.3. The molecule has 0 radical (unpaired) electrons. The van der Waals surface area contributed by atoms with Crippen LogP contribution in [0.1, 0.15) is 30.0 Å². The van der Waals surface area contributed by atoms with Crippen molar-refractivity contribution in [3.05, 3.63) is 53.6 Å². The summed E-state index contributed by atoms with van der Waals surface area (Å²) in [4.78, 5) is 12.7. The number of amides is 1. The molecule has 0 saturated carbocycles. The summed E-state index contributed by atoms with van der Waals surface area (Å²) >= 11 is 0. The Labute approximate surface area is 163 Å². The lowest BCUT2D eigenvalue weighted by Crippen LogP contribution is -2.44. The minimum Gasteiger partial charge on any atom is -0.492 e. The number of hydrogen-bond acceptors (Lipinski definition) is 6. The van der Waals surface area contributed by atoms with E-state index >= 15 is 0 Å². The van der Waals surface area contributed by atoms with Gasteiger partial charge < -0.3 is 19.5 Å². The highest BCUT2D eigenvalue weighted by molar-refractivity contribution is 5.82. The van der Waals surface area contributed by atoms with Crippen molar-refractivity contribution in [2.75, 3.05) is 13.4 Å². The molecule has 0 bridgehead atoms. The fraction of sp³-hybridized carbons (Fsp3) is 0.381. The van der Waals surface area contributed by atoms with Gasteiger partial charge in [0.25, 0.3) is 0 Å². The predicted molar refractivity (Wildman–Crippen MR) is 102 cm³/mol. The molecule has 146 valence electrons. The Morgan fingerprint density at radius 1 is 1.14 bits per heavy atom. The molecule has 5 rings (SSSR count). The van der Waals surface area contributed by atoms with Crippen molar-refractivity contribution in [2.24, 2.45) is 0 Å². The number of aryl methyl sites for hydroxylation is 1. The Morgan fingerprint density at radius 2 is 2.04 bits per heavy atom.